The van der Waals surface area contributed by atoms with E-state index in [0.717, 1.165) is 5.56 Å². The summed E-state index contributed by atoms with van der Waals surface area (Å²) in [5, 5.41) is 14.2. The molecule has 0 saturated carbocycles. The quantitative estimate of drug-likeness (QED) is 0.472. The van der Waals surface area contributed by atoms with Crippen molar-refractivity contribution in [3.05, 3.63) is 70.8 Å². The Kier molecular flexibility index (Phi) is 7.32. The highest BCUT2D eigenvalue weighted by molar-refractivity contribution is 6.39. The normalized spacial score (nSPS) is 13.7. The van der Waals surface area contributed by atoms with Crippen molar-refractivity contribution >= 4 is 29.1 Å². The maximum Gasteiger partial charge on any atom is 0.270 e. The Balaban J connectivity index is 1.50. The summed E-state index contributed by atoms with van der Waals surface area (Å²) in [5.41, 5.74) is 1.61. The predicted molar refractivity (Wildman–Crippen MR) is 124 cm³/mol. The second-order valence-corrected chi connectivity index (χ2v) is 8.24. The second kappa shape index (κ2) is 10.6. The lowest BCUT2D eigenvalue weighted by molar-refractivity contribution is -0.132. The standard InChI is InChI=1S/C24H23ClFN5O3/c1-2-13-30(15-21-27-28-23(34-21)18-5-3-4-6-19(18)25)24(33)20-11-12-22(32)31(29-20)14-16-7-9-17(26)10-8-16/h3-10H,2,11-15H2,1H3. The molecule has 1 aliphatic rings. The molecular formula is C24H23ClFN5O3. The molecule has 34 heavy (non-hydrogen) atoms. The second-order valence-electron chi connectivity index (χ2n) is 7.83. The van der Waals surface area contributed by atoms with Gasteiger partial charge in [0.05, 0.1) is 23.7 Å². The molecular weight excluding hydrogens is 461 g/mol. The first-order valence-corrected chi connectivity index (χ1v) is 11.3. The fourth-order valence-electron chi connectivity index (χ4n) is 3.57. The number of rotatable bonds is 8. The van der Waals surface area contributed by atoms with Gasteiger partial charge in [0.25, 0.3) is 5.91 Å². The zero-order chi connectivity index (χ0) is 24.1. The molecule has 0 saturated heterocycles. The van der Waals surface area contributed by atoms with Crippen molar-refractivity contribution in [3.8, 4) is 11.5 Å². The minimum Gasteiger partial charge on any atom is -0.419 e. The molecule has 0 fully saturated rings. The Morgan fingerprint density at radius 1 is 1.15 bits per heavy atom. The molecule has 0 radical (unpaired) electrons. The topological polar surface area (TPSA) is 91.9 Å². The van der Waals surface area contributed by atoms with E-state index in [1.807, 2.05) is 13.0 Å². The number of halogens is 2. The van der Waals surface area contributed by atoms with Crippen LogP contribution in [0.15, 0.2) is 58.0 Å². The van der Waals surface area contributed by atoms with Crippen LogP contribution < -0.4 is 0 Å². The van der Waals surface area contributed by atoms with Gasteiger partial charge in [-0.05, 0) is 36.2 Å². The Morgan fingerprint density at radius 3 is 2.65 bits per heavy atom. The number of hydrogen-bond donors (Lipinski definition) is 0. The Morgan fingerprint density at radius 2 is 1.91 bits per heavy atom. The molecule has 176 valence electrons. The summed E-state index contributed by atoms with van der Waals surface area (Å²) in [6.45, 7) is 2.67. The van der Waals surface area contributed by atoms with Gasteiger partial charge >= 0.3 is 0 Å². The van der Waals surface area contributed by atoms with Gasteiger partial charge in [-0.1, -0.05) is 42.8 Å². The molecule has 10 heteroatoms. The van der Waals surface area contributed by atoms with E-state index in [1.54, 1.807) is 35.2 Å². The molecule has 0 unspecified atom stereocenters. The molecule has 3 aromatic rings. The summed E-state index contributed by atoms with van der Waals surface area (Å²) in [7, 11) is 0. The lowest BCUT2D eigenvalue weighted by atomic mass is 10.1. The van der Waals surface area contributed by atoms with Crippen molar-refractivity contribution in [1.82, 2.24) is 20.1 Å². The van der Waals surface area contributed by atoms with Crippen LogP contribution in [0.4, 0.5) is 4.39 Å². The maximum absolute atomic E-state index is 13.3. The lowest BCUT2D eigenvalue weighted by Crippen LogP contribution is -2.41. The minimum absolute atomic E-state index is 0.106. The third-order valence-electron chi connectivity index (χ3n) is 5.28. The van der Waals surface area contributed by atoms with Crippen molar-refractivity contribution in [2.75, 3.05) is 6.54 Å². The molecule has 0 N–H and O–H groups in total. The van der Waals surface area contributed by atoms with Gasteiger partial charge in [-0.3, -0.25) is 9.59 Å². The number of amides is 2. The monoisotopic (exact) mass is 483 g/mol. The fraction of sp³-hybridized carbons (Fsp3) is 0.292. The number of hydrazone groups is 1. The van der Waals surface area contributed by atoms with Crippen molar-refractivity contribution < 1.29 is 18.4 Å². The summed E-state index contributed by atoms with van der Waals surface area (Å²) < 4.78 is 18.9. The zero-order valence-electron chi connectivity index (χ0n) is 18.6. The van der Waals surface area contributed by atoms with Gasteiger partial charge in [0.15, 0.2) is 0 Å². The van der Waals surface area contributed by atoms with Crippen molar-refractivity contribution in [2.24, 2.45) is 5.10 Å². The molecule has 0 spiro atoms. The average molecular weight is 484 g/mol. The Bertz CT molecular complexity index is 1210. The third kappa shape index (κ3) is 5.48. The highest BCUT2D eigenvalue weighted by Gasteiger charge is 2.28. The largest absolute Gasteiger partial charge is 0.419 e. The van der Waals surface area contributed by atoms with Crippen LogP contribution in [-0.4, -0.2) is 44.2 Å². The van der Waals surface area contributed by atoms with Gasteiger partial charge < -0.3 is 9.32 Å². The van der Waals surface area contributed by atoms with Gasteiger partial charge in [-0.15, -0.1) is 10.2 Å². The molecule has 1 aromatic heterocycles. The van der Waals surface area contributed by atoms with Crippen LogP contribution in [0.2, 0.25) is 5.02 Å². The smallest absolute Gasteiger partial charge is 0.270 e. The Labute approximate surface area is 201 Å². The lowest BCUT2D eigenvalue weighted by Gasteiger charge is -2.26. The molecule has 2 heterocycles. The number of aromatic nitrogens is 2. The van der Waals surface area contributed by atoms with Crippen LogP contribution in [0.3, 0.4) is 0 Å². The van der Waals surface area contributed by atoms with Crippen LogP contribution in [0.1, 0.15) is 37.6 Å². The molecule has 0 aliphatic carbocycles. The molecule has 2 amide bonds. The first-order valence-electron chi connectivity index (χ1n) is 10.9. The van der Waals surface area contributed by atoms with Crippen molar-refractivity contribution in [1.29, 1.82) is 0 Å². The van der Waals surface area contributed by atoms with E-state index in [1.165, 1.54) is 17.1 Å². The van der Waals surface area contributed by atoms with Gasteiger partial charge in [-0.2, -0.15) is 5.10 Å². The minimum atomic E-state index is -0.359. The highest BCUT2D eigenvalue weighted by atomic mass is 35.5. The van der Waals surface area contributed by atoms with Crippen LogP contribution in [0.5, 0.6) is 0 Å². The van der Waals surface area contributed by atoms with Crippen molar-refractivity contribution in [3.63, 3.8) is 0 Å². The maximum atomic E-state index is 13.3. The zero-order valence-corrected chi connectivity index (χ0v) is 19.3. The van der Waals surface area contributed by atoms with E-state index >= 15 is 0 Å². The first kappa shape index (κ1) is 23.6. The van der Waals surface area contributed by atoms with Crippen LogP contribution in [0.25, 0.3) is 11.5 Å². The van der Waals surface area contributed by atoms with E-state index < -0.39 is 0 Å². The summed E-state index contributed by atoms with van der Waals surface area (Å²) in [4.78, 5) is 27.2. The molecule has 2 aromatic carbocycles. The van der Waals surface area contributed by atoms with E-state index in [0.29, 0.717) is 23.6 Å². The number of carbonyl (C=O) groups excluding carboxylic acids is 2. The molecule has 0 atom stereocenters. The Hall–Kier alpha value is -3.59. The molecule has 1 aliphatic heterocycles. The molecule has 8 nitrogen and oxygen atoms in total. The average Bonchev–Trinajstić information content (AvgIpc) is 3.30. The van der Waals surface area contributed by atoms with E-state index in [4.69, 9.17) is 16.0 Å². The van der Waals surface area contributed by atoms with E-state index in [2.05, 4.69) is 15.3 Å². The summed E-state index contributed by atoms with van der Waals surface area (Å²) in [6.07, 6.45) is 1.12. The number of carbonyl (C=O) groups is 2. The van der Waals surface area contributed by atoms with E-state index in [-0.39, 0.29) is 61.1 Å². The van der Waals surface area contributed by atoms with Crippen molar-refractivity contribution in [2.45, 2.75) is 39.3 Å². The van der Waals surface area contributed by atoms with Gasteiger partial charge in [0, 0.05) is 19.4 Å². The first-order chi connectivity index (χ1) is 16.4. The van der Waals surface area contributed by atoms with Crippen LogP contribution in [-0.2, 0) is 22.7 Å². The predicted octanol–water partition coefficient (Wildman–Crippen LogP) is 4.45. The fourth-order valence-corrected chi connectivity index (χ4v) is 3.79. The number of nitrogens with zero attached hydrogens (tertiary/aromatic N) is 5. The highest BCUT2D eigenvalue weighted by Crippen LogP contribution is 2.26. The van der Waals surface area contributed by atoms with Crippen LogP contribution in [0, 0.1) is 5.82 Å². The molecule has 0 bridgehead atoms. The van der Waals surface area contributed by atoms with Crippen LogP contribution >= 0.6 is 11.6 Å². The van der Waals surface area contributed by atoms with Gasteiger partial charge in [0.1, 0.15) is 11.5 Å². The summed E-state index contributed by atoms with van der Waals surface area (Å²) in [5.74, 6) is -0.301. The summed E-state index contributed by atoms with van der Waals surface area (Å²) >= 11 is 6.21. The van der Waals surface area contributed by atoms with Gasteiger partial charge in [0.2, 0.25) is 17.7 Å². The number of benzene rings is 2. The SMILES string of the molecule is CCCN(Cc1nnc(-c2ccccc2Cl)o1)C(=O)C1=NN(Cc2ccc(F)cc2)C(=O)CC1. The van der Waals surface area contributed by atoms with Gasteiger partial charge in [-0.25, -0.2) is 9.40 Å². The number of hydrogen-bond acceptors (Lipinski definition) is 6. The molecule has 4 rings (SSSR count). The third-order valence-corrected chi connectivity index (χ3v) is 5.61. The van der Waals surface area contributed by atoms with E-state index in [9.17, 15) is 14.0 Å². The summed E-state index contributed by atoms with van der Waals surface area (Å²) in [6, 6.07) is 12.9.